The molecular formula is C19H16ClFN2O2S. The summed E-state index contributed by atoms with van der Waals surface area (Å²) in [5, 5.41) is 0.478. The molecule has 1 aliphatic heterocycles. The summed E-state index contributed by atoms with van der Waals surface area (Å²) < 4.78 is 43.4. The van der Waals surface area contributed by atoms with Crippen molar-refractivity contribution in [2.24, 2.45) is 0 Å². The highest BCUT2D eigenvalue weighted by Crippen LogP contribution is 2.36. The standard InChI is InChI=1S/C19H16ClFN2O2S/c20-15-5-9-17(10-6-15)26(24,25)23-13-12-22-11-1-2-18(22)19(23)14-3-7-16(21)8-4-14/h1-11,19H,12-13H2/t19-/m0/s1. The third kappa shape index (κ3) is 2.94. The molecule has 0 unspecified atom stereocenters. The summed E-state index contributed by atoms with van der Waals surface area (Å²) in [4.78, 5) is 0.189. The molecule has 4 nitrogen and oxygen atoms in total. The fourth-order valence-corrected chi connectivity index (χ4v) is 5.05. The Balaban J connectivity index is 1.83. The molecule has 0 radical (unpaired) electrons. The van der Waals surface area contributed by atoms with Crippen LogP contribution in [0, 0.1) is 5.82 Å². The zero-order valence-corrected chi connectivity index (χ0v) is 15.3. The lowest BCUT2D eigenvalue weighted by Gasteiger charge is -2.36. The highest BCUT2D eigenvalue weighted by molar-refractivity contribution is 7.89. The molecule has 4 rings (SSSR count). The molecule has 7 heteroatoms. The third-order valence-electron chi connectivity index (χ3n) is 4.60. The van der Waals surface area contributed by atoms with E-state index in [1.807, 2.05) is 22.9 Å². The van der Waals surface area contributed by atoms with Crippen molar-refractivity contribution in [2.45, 2.75) is 17.5 Å². The maximum absolute atomic E-state index is 13.4. The summed E-state index contributed by atoms with van der Waals surface area (Å²) in [6, 6.07) is 15.4. The van der Waals surface area contributed by atoms with Gasteiger partial charge in [0.15, 0.2) is 0 Å². The molecule has 0 N–H and O–H groups in total. The second kappa shape index (κ2) is 6.54. The molecule has 2 aromatic carbocycles. The molecule has 134 valence electrons. The van der Waals surface area contributed by atoms with Gasteiger partial charge in [0.1, 0.15) is 5.82 Å². The van der Waals surface area contributed by atoms with Crippen molar-refractivity contribution in [3.8, 4) is 0 Å². The third-order valence-corrected chi connectivity index (χ3v) is 6.73. The molecule has 0 saturated carbocycles. The van der Waals surface area contributed by atoms with Crippen LogP contribution in [-0.4, -0.2) is 23.8 Å². The lowest BCUT2D eigenvalue weighted by molar-refractivity contribution is 0.298. The Labute approximate surface area is 156 Å². The van der Waals surface area contributed by atoms with Gasteiger partial charge in [0.25, 0.3) is 0 Å². The van der Waals surface area contributed by atoms with E-state index in [9.17, 15) is 12.8 Å². The summed E-state index contributed by atoms with van der Waals surface area (Å²) in [5.41, 5.74) is 1.59. The molecule has 0 saturated heterocycles. The second-order valence-corrected chi connectivity index (χ2v) is 8.48. The van der Waals surface area contributed by atoms with Gasteiger partial charge in [-0.25, -0.2) is 12.8 Å². The smallest absolute Gasteiger partial charge is 0.244 e. The minimum absolute atomic E-state index is 0.189. The molecule has 0 aliphatic carbocycles. The van der Waals surface area contributed by atoms with Crippen molar-refractivity contribution in [1.82, 2.24) is 8.87 Å². The second-order valence-electron chi connectivity index (χ2n) is 6.15. The summed E-state index contributed by atoms with van der Waals surface area (Å²) in [6.45, 7) is 0.890. The zero-order valence-electron chi connectivity index (χ0n) is 13.7. The first-order chi connectivity index (χ1) is 12.5. The number of fused-ring (bicyclic) bond motifs is 1. The summed E-state index contributed by atoms with van der Waals surface area (Å²) in [6.07, 6.45) is 1.93. The van der Waals surface area contributed by atoms with Gasteiger partial charge in [-0.15, -0.1) is 0 Å². The first kappa shape index (κ1) is 17.3. The SMILES string of the molecule is O=S(=O)(c1ccc(Cl)cc1)N1CCn2cccc2[C@@H]1c1ccc(F)cc1. The maximum Gasteiger partial charge on any atom is 0.244 e. The first-order valence-electron chi connectivity index (χ1n) is 8.15. The number of benzene rings is 2. The van der Waals surface area contributed by atoms with Crippen molar-refractivity contribution < 1.29 is 12.8 Å². The Bertz CT molecular complexity index is 1030. The van der Waals surface area contributed by atoms with Crippen LogP contribution in [-0.2, 0) is 16.6 Å². The summed E-state index contributed by atoms with van der Waals surface area (Å²) in [7, 11) is -3.74. The van der Waals surface area contributed by atoms with Gasteiger partial charge in [-0.05, 0) is 54.1 Å². The Morgan fingerprint density at radius 3 is 2.35 bits per heavy atom. The van der Waals surface area contributed by atoms with Crippen LogP contribution in [0.5, 0.6) is 0 Å². The number of sulfonamides is 1. The Morgan fingerprint density at radius 1 is 0.962 bits per heavy atom. The van der Waals surface area contributed by atoms with Crippen LogP contribution in [0.4, 0.5) is 4.39 Å². The van der Waals surface area contributed by atoms with Crippen LogP contribution in [0.25, 0.3) is 0 Å². The zero-order chi connectivity index (χ0) is 18.3. The minimum atomic E-state index is -3.74. The molecule has 0 bridgehead atoms. The number of halogens is 2. The number of hydrogen-bond acceptors (Lipinski definition) is 2. The van der Waals surface area contributed by atoms with E-state index in [-0.39, 0.29) is 10.7 Å². The Hall–Kier alpha value is -2.15. The average Bonchev–Trinajstić information content (AvgIpc) is 3.11. The van der Waals surface area contributed by atoms with E-state index in [1.165, 1.54) is 28.6 Å². The largest absolute Gasteiger partial charge is 0.348 e. The molecule has 2 heterocycles. The van der Waals surface area contributed by atoms with E-state index in [0.29, 0.717) is 18.1 Å². The van der Waals surface area contributed by atoms with Gasteiger partial charge in [0.2, 0.25) is 10.0 Å². The number of hydrogen-bond donors (Lipinski definition) is 0. The molecule has 0 amide bonds. The summed E-state index contributed by atoms with van der Waals surface area (Å²) in [5.74, 6) is -0.355. The van der Waals surface area contributed by atoms with Crippen LogP contribution >= 0.6 is 11.6 Å². The van der Waals surface area contributed by atoms with Crippen molar-refractivity contribution >= 4 is 21.6 Å². The van der Waals surface area contributed by atoms with Crippen LogP contribution in [0.2, 0.25) is 5.02 Å². The van der Waals surface area contributed by atoms with Crippen LogP contribution < -0.4 is 0 Å². The Morgan fingerprint density at radius 2 is 1.65 bits per heavy atom. The van der Waals surface area contributed by atoms with Crippen LogP contribution in [0.1, 0.15) is 17.3 Å². The van der Waals surface area contributed by atoms with Gasteiger partial charge in [-0.1, -0.05) is 23.7 Å². The topological polar surface area (TPSA) is 42.3 Å². The quantitative estimate of drug-likeness (QED) is 0.676. The van der Waals surface area contributed by atoms with Crippen molar-refractivity contribution in [3.05, 3.63) is 89.0 Å². The number of aromatic nitrogens is 1. The van der Waals surface area contributed by atoms with Crippen molar-refractivity contribution in [1.29, 1.82) is 0 Å². The van der Waals surface area contributed by atoms with E-state index in [0.717, 1.165) is 11.3 Å². The lowest BCUT2D eigenvalue weighted by Crippen LogP contribution is -2.42. The van der Waals surface area contributed by atoms with E-state index in [2.05, 4.69) is 0 Å². The molecule has 26 heavy (non-hydrogen) atoms. The van der Waals surface area contributed by atoms with E-state index >= 15 is 0 Å². The fraction of sp³-hybridized carbons (Fsp3) is 0.158. The van der Waals surface area contributed by atoms with Gasteiger partial charge in [-0.3, -0.25) is 0 Å². The van der Waals surface area contributed by atoms with E-state index < -0.39 is 16.1 Å². The predicted molar refractivity (Wildman–Crippen MR) is 98.0 cm³/mol. The van der Waals surface area contributed by atoms with Gasteiger partial charge >= 0.3 is 0 Å². The van der Waals surface area contributed by atoms with E-state index in [1.54, 1.807) is 24.3 Å². The highest BCUT2D eigenvalue weighted by Gasteiger charge is 2.37. The van der Waals surface area contributed by atoms with Crippen LogP contribution in [0.3, 0.4) is 0 Å². The predicted octanol–water partition coefficient (Wildman–Crippen LogP) is 4.07. The Kier molecular flexibility index (Phi) is 4.34. The van der Waals surface area contributed by atoms with Crippen molar-refractivity contribution in [2.75, 3.05) is 6.54 Å². The minimum Gasteiger partial charge on any atom is -0.348 e. The number of nitrogens with zero attached hydrogens (tertiary/aromatic N) is 2. The first-order valence-corrected chi connectivity index (χ1v) is 9.96. The molecule has 0 spiro atoms. The highest BCUT2D eigenvalue weighted by atomic mass is 35.5. The van der Waals surface area contributed by atoms with Gasteiger partial charge < -0.3 is 4.57 Å². The van der Waals surface area contributed by atoms with Gasteiger partial charge in [-0.2, -0.15) is 4.31 Å². The molecule has 3 aromatic rings. The molecule has 0 fully saturated rings. The van der Waals surface area contributed by atoms with E-state index in [4.69, 9.17) is 11.6 Å². The lowest BCUT2D eigenvalue weighted by atomic mass is 10.0. The fourth-order valence-electron chi connectivity index (χ4n) is 3.35. The van der Waals surface area contributed by atoms with Crippen LogP contribution in [0.15, 0.2) is 71.8 Å². The monoisotopic (exact) mass is 390 g/mol. The average molecular weight is 391 g/mol. The molecule has 1 atom stereocenters. The maximum atomic E-state index is 13.4. The normalized spacial score (nSPS) is 17.8. The molecule has 1 aromatic heterocycles. The molecular weight excluding hydrogens is 375 g/mol. The number of rotatable bonds is 3. The van der Waals surface area contributed by atoms with Gasteiger partial charge in [0, 0.05) is 30.0 Å². The summed E-state index contributed by atoms with van der Waals surface area (Å²) >= 11 is 5.89. The van der Waals surface area contributed by atoms with Crippen molar-refractivity contribution in [3.63, 3.8) is 0 Å². The van der Waals surface area contributed by atoms with Gasteiger partial charge in [0.05, 0.1) is 10.9 Å². The molecule has 1 aliphatic rings.